The number of sulfonamides is 1. The van der Waals surface area contributed by atoms with Crippen LogP contribution in [0.25, 0.3) is 0 Å². The summed E-state index contributed by atoms with van der Waals surface area (Å²) < 4.78 is 27.1. The van der Waals surface area contributed by atoms with Gasteiger partial charge in [-0.05, 0) is 40.7 Å². The van der Waals surface area contributed by atoms with Crippen LogP contribution in [-0.4, -0.2) is 32.9 Å². The van der Waals surface area contributed by atoms with Crippen molar-refractivity contribution in [2.45, 2.75) is 18.4 Å². The molecule has 0 spiro atoms. The normalized spacial score (nSPS) is 11.8. The molecular weight excluding hydrogens is 328 g/mol. The third-order valence-corrected chi connectivity index (χ3v) is 5.61. The summed E-state index contributed by atoms with van der Waals surface area (Å²) in [5, 5.41) is 3.01. The Labute approximate surface area is 123 Å². The van der Waals surface area contributed by atoms with Crippen LogP contribution in [0.2, 0.25) is 0 Å². The lowest BCUT2D eigenvalue weighted by molar-refractivity contribution is 0.459. The van der Waals surface area contributed by atoms with Crippen molar-refractivity contribution in [1.29, 1.82) is 0 Å². The molecule has 0 unspecified atom stereocenters. The van der Waals surface area contributed by atoms with Gasteiger partial charge in [0.15, 0.2) is 0 Å². The summed E-state index contributed by atoms with van der Waals surface area (Å²) in [4.78, 5) is 0.295. The molecule has 1 aromatic carbocycles. The predicted molar refractivity (Wildman–Crippen MR) is 81.5 cm³/mol. The van der Waals surface area contributed by atoms with E-state index in [0.717, 1.165) is 5.56 Å². The first-order valence-corrected chi connectivity index (χ1v) is 8.24. The van der Waals surface area contributed by atoms with E-state index < -0.39 is 10.0 Å². The molecule has 0 bridgehead atoms. The highest BCUT2D eigenvalue weighted by Gasteiger charge is 2.24. The highest BCUT2D eigenvalue weighted by Crippen LogP contribution is 2.26. The first-order chi connectivity index (χ1) is 8.97. The molecule has 4 nitrogen and oxygen atoms in total. The van der Waals surface area contributed by atoms with Gasteiger partial charge in [0.25, 0.3) is 0 Å². The molecule has 0 saturated carbocycles. The second-order valence-electron chi connectivity index (χ2n) is 4.04. The molecule has 106 valence electrons. The van der Waals surface area contributed by atoms with Crippen LogP contribution in [0.4, 0.5) is 0 Å². The largest absolute Gasteiger partial charge is 0.316 e. The first kappa shape index (κ1) is 16.4. The van der Waals surface area contributed by atoms with E-state index in [0.29, 0.717) is 29.0 Å². The molecule has 0 saturated heterocycles. The molecule has 0 aliphatic carbocycles. The van der Waals surface area contributed by atoms with Crippen molar-refractivity contribution in [3.63, 3.8) is 0 Å². The van der Waals surface area contributed by atoms with Gasteiger partial charge in [-0.1, -0.05) is 19.1 Å². The summed E-state index contributed by atoms with van der Waals surface area (Å²) in [6, 6.07) is 5.35. The molecule has 0 fully saturated rings. The maximum Gasteiger partial charge on any atom is 0.244 e. The van der Waals surface area contributed by atoms with E-state index in [2.05, 4.69) is 27.8 Å². The van der Waals surface area contributed by atoms with Gasteiger partial charge < -0.3 is 5.32 Å². The Morgan fingerprint density at radius 2 is 2.16 bits per heavy atom. The monoisotopic (exact) mass is 346 g/mol. The molecule has 1 aromatic rings. The number of hydrogen-bond acceptors (Lipinski definition) is 3. The van der Waals surface area contributed by atoms with Crippen molar-refractivity contribution in [1.82, 2.24) is 9.62 Å². The van der Waals surface area contributed by atoms with Gasteiger partial charge in [0.1, 0.15) is 0 Å². The number of halogens is 1. The Hall–Kier alpha value is -0.690. The number of nitrogens with zero attached hydrogens (tertiary/aromatic N) is 1. The lowest BCUT2D eigenvalue weighted by Crippen LogP contribution is -2.31. The molecular formula is C13H19BrN2O2S. The van der Waals surface area contributed by atoms with E-state index in [1.807, 2.05) is 20.0 Å². The Morgan fingerprint density at radius 3 is 2.68 bits per heavy atom. The molecule has 0 radical (unpaired) electrons. The van der Waals surface area contributed by atoms with E-state index >= 15 is 0 Å². The van der Waals surface area contributed by atoms with Gasteiger partial charge in [0.05, 0.1) is 4.90 Å². The Balaban J connectivity index is 3.26. The molecule has 1 rings (SSSR count). The van der Waals surface area contributed by atoms with Gasteiger partial charge in [0.2, 0.25) is 10.0 Å². The van der Waals surface area contributed by atoms with E-state index in [1.165, 1.54) is 4.31 Å². The smallest absolute Gasteiger partial charge is 0.244 e. The standard InChI is InChI=1S/C13H19BrN2O2S/c1-4-8-16(5-2)19(17,18)13-9-11(10-15-3)6-7-12(13)14/h4,6-7,9,15H,1,5,8,10H2,2-3H3. The van der Waals surface area contributed by atoms with Crippen LogP contribution in [0.15, 0.2) is 40.2 Å². The lowest BCUT2D eigenvalue weighted by atomic mass is 10.2. The van der Waals surface area contributed by atoms with Gasteiger partial charge in [-0.15, -0.1) is 6.58 Å². The topological polar surface area (TPSA) is 49.4 Å². The van der Waals surface area contributed by atoms with Crippen LogP contribution in [0.5, 0.6) is 0 Å². The van der Waals surface area contributed by atoms with Crippen LogP contribution < -0.4 is 5.32 Å². The van der Waals surface area contributed by atoms with Crippen LogP contribution in [0.1, 0.15) is 12.5 Å². The van der Waals surface area contributed by atoms with Crippen LogP contribution in [0.3, 0.4) is 0 Å². The number of hydrogen-bond donors (Lipinski definition) is 1. The summed E-state index contributed by atoms with van der Waals surface area (Å²) in [5.74, 6) is 0. The summed E-state index contributed by atoms with van der Waals surface area (Å²) in [5.41, 5.74) is 0.930. The molecule has 0 heterocycles. The van der Waals surface area contributed by atoms with Gasteiger partial charge in [-0.25, -0.2) is 8.42 Å². The molecule has 1 N–H and O–H groups in total. The molecule has 0 aliphatic rings. The fourth-order valence-corrected chi connectivity index (χ4v) is 4.13. The Bertz CT molecular complexity index is 544. The second-order valence-corrected chi connectivity index (χ2v) is 6.80. The lowest BCUT2D eigenvalue weighted by Gasteiger charge is -2.20. The third kappa shape index (κ3) is 3.89. The number of nitrogens with one attached hydrogen (secondary N) is 1. The maximum atomic E-state index is 12.6. The minimum atomic E-state index is -3.50. The average Bonchev–Trinajstić information content (AvgIpc) is 2.38. The van der Waals surface area contributed by atoms with Crippen molar-refractivity contribution in [3.8, 4) is 0 Å². The predicted octanol–water partition coefficient (Wildman–Crippen LogP) is 2.37. The number of rotatable bonds is 7. The molecule has 6 heteroatoms. The molecule has 0 atom stereocenters. The van der Waals surface area contributed by atoms with E-state index in [-0.39, 0.29) is 0 Å². The minimum absolute atomic E-state index is 0.295. The second kappa shape index (κ2) is 7.19. The third-order valence-electron chi connectivity index (χ3n) is 2.68. The van der Waals surface area contributed by atoms with Crippen molar-refractivity contribution in [2.75, 3.05) is 20.1 Å². The van der Waals surface area contributed by atoms with Crippen molar-refractivity contribution >= 4 is 26.0 Å². The van der Waals surface area contributed by atoms with E-state index in [4.69, 9.17) is 0 Å². The van der Waals surface area contributed by atoms with Crippen LogP contribution >= 0.6 is 15.9 Å². The average molecular weight is 347 g/mol. The van der Waals surface area contributed by atoms with Gasteiger partial charge in [-0.2, -0.15) is 4.31 Å². The van der Waals surface area contributed by atoms with Crippen molar-refractivity contribution < 1.29 is 8.42 Å². The fraction of sp³-hybridized carbons (Fsp3) is 0.385. The molecule has 0 aromatic heterocycles. The Morgan fingerprint density at radius 1 is 1.47 bits per heavy atom. The quantitative estimate of drug-likeness (QED) is 0.771. The SMILES string of the molecule is C=CCN(CC)S(=O)(=O)c1cc(CNC)ccc1Br. The minimum Gasteiger partial charge on any atom is -0.316 e. The molecule has 0 amide bonds. The summed E-state index contributed by atoms with van der Waals surface area (Å²) in [7, 11) is -1.67. The summed E-state index contributed by atoms with van der Waals surface area (Å²) in [6.45, 7) is 6.76. The highest BCUT2D eigenvalue weighted by molar-refractivity contribution is 9.10. The van der Waals surface area contributed by atoms with Gasteiger partial charge in [0, 0.05) is 24.1 Å². The number of likely N-dealkylation sites (N-methyl/N-ethyl adjacent to an activating group) is 1. The zero-order valence-corrected chi connectivity index (χ0v) is 13.6. The van der Waals surface area contributed by atoms with Crippen LogP contribution in [-0.2, 0) is 16.6 Å². The summed E-state index contributed by atoms with van der Waals surface area (Å²) in [6.07, 6.45) is 1.59. The zero-order valence-electron chi connectivity index (χ0n) is 11.2. The highest BCUT2D eigenvalue weighted by atomic mass is 79.9. The van der Waals surface area contributed by atoms with E-state index in [1.54, 1.807) is 18.2 Å². The molecule has 19 heavy (non-hydrogen) atoms. The van der Waals surface area contributed by atoms with Crippen molar-refractivity contribution in [2.24, 2.45) is 0 Å². The van der Waals surface area contributed by atoms with Gasteiger partial charge in [-0.3, -0.25) is 0 Å². The maximum absolute atomic E-state index is 12.6. The Kier molecular flexibility index (Phi) is 6.19. The van der Waals surface area contributed by atoms with Crippen LogP contribution in [0, 0.1) is 0 Å². The zero-order chi connectivity index (χ0) is 14.5. The van der Waals surface area contributed by atoms with Crippen molar-refractivity contribution in [3.05, 3.63) is 40.9 Å². The fourth-order valence-electron chi connectivity index (χ4n) is 1.74. The molecule has 0 aliphatic heterocycles. The first-order valence-electron chi connectivity index (χ1n) is 6.01. The van der Waals surface area contributed by atoms with E-state index in [9.17, 15) is 8.42 Å². The summed E-state index contributed by atoms with van der Waals surface area (Å²) >= 11 is 3.31. The van der Waals surface area contributed by atoms with Gasteiger partial charge >= 0.3 is 0 Å². The number of benzene rings is 1.